The van der Waals surface area contributed by atoms with Crippen molar-refractivity contribution in [3.63, 3.8) is 0 Å². The minimum atomic E-state index is 0.413. The second-order valence-corrected chi connectivity index (χ2v) is 6.14. The Hall–Kier alpha value is -1.80. The van der Waals surface area contributed by atoms with E-state index in [9.17, 15) is 0 Å². The van der Waals surface area contributed by atoms with Gasteiger partial charge in [-0.25, -0.2) is 0 Å². The molecule has 21 heavy (non-hydrogen) atoms. The summed E-state index contributed by atoms with van der Waals surface area (Å²) in [6.07, 6.45) is 4.58. The van der Waals surface area contributed by atoms with Crippen LogP contribution in [0.2, 0.25) is 0 Å². The lowest BCUT2D eigenvalue weighted by Gasteiger charge is -2.15. The highest BCUT2D eigenvalue weighted by Crippen LogP contribution is 2.26. The molecule has 2 atom stereocenters. The maximum atomic E-state index is 6.00. The summed E-state index contributed by atoms with van der Waals surface area (Å²) in [5, 5.41) is 3.64. The molecule has 2 aromatic rings. The van der Waals surface area contributed by atoms with Gasteiger partial charge >= 0.3 is 0 Å². The van der Waals surface area contributed by atoms with Crippen LogP contribution in [0.4, 0.5) is 5.69 Å². The van der Waals surface area contributed by atoms with Gasteiger partial charge in [0.15, 0.2) is 0 Å². The van der Waals surface area contributed by atoms with Crippen molar-refractivity contribution in [3.05, 3.63) is 65.7 Å². The first-order valence-corrected chi connectivity index (χ1v) is 7.92. The molecule has 3 N–H and O–H groups in total. The lowest BCUT2D eigenvalue weighted by Crippen LogP contribution is -2.18. The largest absolute Gasteiger partial charge is 0.385 e. The molecular formula is C19H24N2. The van der Waals surface area contributed by atoms with Crippen LogP contribution >= 0.6 is 0 Å². The number of nitrogens with one attached hydrogen (secondary N) is 1. The van der Waals surface area contributed by atoms with Gasteiger partial charge in [0.25, 0.3) is 0 Å². The summed E-state index contributed by atoms with van der Waals surface area (Å²) in [6.45, 7) is 1.04. The van der Waals surface area contributed by atoms with E-state index in [0.717, 1.165) is 25.3 Å². The zero-order chi connectivity index (χ0) is 14.5. The molecule has 0 aromatic heterocycles. The summed E-state index contributed by atoms with van der Waals surface area (Å²) < 4.78 is 0. The molecule has 110 valence electrons. The number of nitrogens with two attached hydrogens (primary N) is 1. The van der Waals surface area contributed by atoms with Crippen LogP contribution < -0.4 is 11.1 Å². The third kappa shape index (κ3) is 3.85. The van der Waals surface area contributed by atoms with Crippen molar-refractivity contribution in [2.75, 3.05) is 11.9 Å². The Morgan fingerprint density at radius 3 is 2.48 bits per heavy atom. The third-order valence-corrected chi connectivity index (χ3v) is 4.42. The van der Waals surface area contributed by atoms with Crippen molar-refractivity contribution < 1.29 is 0 Å². The fourth-order valence-corrected chi connectivity index (χ4v) is 3.22. The molecule has 2 aromatic carbocycles. The predicted octanol–water partition coefficient (Wildman–Crippen LogP) is 3.82. The van der Waals surface area contributed by atoms with E-state index in [-0.39, 0.29) is 0 Å². The van der Waals surface area contributed by atoms with Crippen LogP contribution in [0, 0.1) is 5.92 Å². The maximum absolute atomic E-state index is 6.00. The quantitative estimate of drug-likeness (QED) is 0.874. The zero-order valence-electron chi connectivity index (χ0n) is 12.5. The van der Waals surface area contributed by atoms with Crippen LogP contribution in [0.15, 0.2) is 54.6 Å². The molecule has 0 aliphatic heterocycles. The normalized spacial score (nSPS) is 21.4. The van der Waals surface area contributed by atoms with Crippen molar-refractivity contribution in [1.82, 2.24) is 0 Å². The van der Waals surface area contributed by atoms with Gasteiger partial charge in [-0.2, -0.15) is 0 Å². The fraction of sp³-hybridized carbons (Fsp3) is 0.368. The number of rotatable bonds is 5. The summed E-state index contributed by atoms with van der Waals surface area (Å²) >= 11 is 0. The highest BCUT2D eigenvalue weighted by molar-refractivity contribution is 5.52. The molecule has 1 fully saturated rings. The molecule has 1 aliphatic rings. The predicted molar refractivity (Wildman–Crippen MR) is 89.5 cm³/mol. The molecule has 0 heterocycles. The number of hydrogen-bond donors (Lipinski definition) is 2. The number of benzene rings is 2. The molecule has 2 nitrogen and oxygen atoms in total. The topological polar surface area (TPSA) is 38.0 Å². The van der Waals surface area contributed by atoms with Gasteiger partial charge in [-0.05, 0) is 48.8 Å². The number of anilines is 1. The first-order chi connectivity index (χ1) is 10.3. The van der Waals surface area contributed by atoms with Crippen LogP contribution in [0.3, 0.4) is 0 Å². The van der Waals surface area contributed by atoms with Crippen molar-refractivity contribution in [2.24, 2.45) is 11.7 Å². The summed E-state index contributed by atoms with van der Waals surface area (Å²) in [7, 11) is 0. The van der Waals surface area contributed by atoms with Gasteiger partial charge < -0.3 is 11.1 Å². The van der Waals surface area contributed by atoms with Gasteiger partial charge in [0.2, 0.25) is 0 Å². The third-order valence-electron chi connectivity index (χ3n) is 4.42. The van der Waals surface area contributed by atoms with Gasteiger partial charge in [-0.1, -0.05) is 48.5 Å². The Kier molecular flexibility index (Phi) is 4.56. The molecule has 3 rings (SSSR count). The van der Waals surface area contributed by atoms with E-state index in [2.05, 4.69) is 59.9 Å². The Balaban J connectivity index is 1.65. The molecule has 1 saturated carbocycles. The summed E-state index contributed by atoms with van der Waals surface area (Å²) in [5.74, 6) is 0.727. The van der Waals surface area contributed by atoms with Crippen molar-refractivity contribution in [3.8, 4) is 0 Å². The van der Waals surface area contributed by atoms with E-state index < -0.39 is 0 Å². The van der Waals surface area contributed by atoms with Crippen LogP contribution in [0.25, 0.3) is 0 Å². The average molecular weight is 280 g/mol. The highest BCUT2D eigenvalue weighted by Gasteiger charge is 2.21. The Morgan fingerprint density at radius 1 is 0.952 bits per heavy atom. The monoisotopic (exact) mass is 280 g/mol. The molecule has 1 aliphatic carbocycles. The first kappa shape index (κ1) is 14.2. The molecule has 0 radical (unpaired) electrons. The van der Waals surface area contributed by atoms with E-state index in [1.54, 1.807) is 0 Å². The van der Waals surface area contributed by atoms with Gasteiger partial charge in [0.1, 0.15) is 0 Å². The smallest absolute Gasteiger partial charge is 0.0376 e. The maximum Gasteiger partial charge on any atom is 0.0376 e. The standard InChI is InChI=1S/C19H24N2/c20-18-11-10-16(13-18)14-21-19-9-5-4-8-17(19)12-15-6-2-1-3-7-15/h1-9,16,18,21H,10-14,20H2. The summed E-state index contributed by atoms with van der Waals surface area (Å²) in [6, 6.07) is 19.7. The van der Waals surface area contributed by atoms with E-state index in [1.165, 1.54) is 29.7 Å². The second-order valence-electron chi connectivity index (χ2n) is 6.14. The molecular weight excluding hydrogens is 256 g/mol. The molecule has 0 bridgehead atoms. The SMILES string of the molecule is NC1CCC(CNc2ccccc2Cc2ccccc2)C1. The molecule has 0 amide bonds. The molecule has 2 heteroatoms. The summed E-state index contributed by atoms with van der Waals surface area (Å²) in [4.78, 5) is 0. The molecule has 0 saturated heterocycles. The van der Waals surface area contributed by atoms with Crippen LogP contribution in [0.5, 0.6) is 0 Å². The van der Waals surface area contributed by atoms with E-state index in [0.29, 0.717) is 6.04 Å². The van der Waals surface area contributed by atoms with Crippen LogP contribution in [-0.4, -0.2) is 12.6 Å². The minimum Gasteiger partial charge on any atom is -0.385 e. The molecule has 0 spiro atoms. The Morgan fingerprint density at radius 2 is 1.71 bits per heavy atom. The molecule has 2 unspecified atom stereocenters. The Labute approximate surface area is 127 Å². The summed E-state index contributed by atoms with van der Waals surface area (Å²) in [5.41, 5.74) is 9.99. The van der Waals surface area contributed by atoms with Crippen LogP contribution in [0.1, 0.15) is 30.4 Å². The van der Waals surface area contributed by atoms with Crippen LogP contribution in [-0.2, 0) is 6.42 Å². The zero-order valence-corrected chi connectivity index (χ0v) is 12.5. The van der Waals surface area contributed by atoms with E-state index in [1.807, 2.05) is 0 Å². The lowest BCUT2D eigenvalue weighted by molar-refractivity contribution is 0.565. The first-order valence-electron chi connectivity index (χ1n) is 7.92. The number of para-hydroxylation sites is 1. The lowest BCUT2D eigenvalue weighted by atomic mass is 10.0. The van der Waals surface area contributed by atoms with Gasteiger partial charge in [-0.15, -0.1) is 0 Å². The van der Waals surface area contributed by atoms with Crippen molar-refractivity contribution in [1.29, 1.82) is 0 Å². The van der Waals surface area contributed by atoms with E-state index >= 15 is 0 Å². The average Bonchev–Trinajstić information content (AvgIpc) is 2.93. The minimum absolute atomic E-state index is 0.413. The fourth-order valence-electron chi connectivity index (χ4n) is 3.22. The van der Waals surface area contributed by atoms with Gasteiger partial charge in [-0.3, -0.25) is 0 Å². The second kappa shape index (κ2) is 6.77. The number of hydrogen-bond acceptors (Lipinski definition) is 2. The highest BCUT2D eigenvalue weighted by atomic mass is 14.9. The van der Waals surface area contributed by atoms with Gasteiger partial charge in [0.05, 0.1) is 0 Å². The van der Waals surface area contributed by atoms with E-state index in [4.69, 9.17) is 5.73 Å². The Bertz CT molecular complexity index is 565. The van der Waals surface area contributed by atoms with Gasteiger partial charge in [0, 0.05) is 18.3 Å². The van der Waals surface area contributed by atoms with Crippen molar-refractivity contribution in [2.45, 2.75) is 31.7 Å². The van der Waals surface area contributed by atoms with Crippen molar-refractivity contribution >= 4 is 5.69 Å².